The van der Waals surface area contributed by atoms with E-state index in [9.17, 15) is 14.9 Å². The standard InChI is InChI=1S/C6H3BrN6O3/c7-3-4(8-1-9-5(3)14)12-2-10-6(11-12)13(15)16/h1-2H,(H,8,9,14). The van der Waals surface area contributed by atoms with Gasteiger partial charge in [-0.25, -0.2) is 4.98 Å². The van der Waals surface area contributed by atoms with Crippen molar-refractivity contribution in [1.82, 2.24) is 24.7 Å². The van der Waals surface area contributed by atoms with Crippen LogP contribution in [0.2, 0.25) is 0 Å². The van der Waals surface area contributed by atoms with Gasteiger partial charge in [0.1, 0.15) is 4.47 Å². The summed E-state index contributed by atoms with van der Waals surface area (Å²) < 4.78 is 1.16. The lowest BCUT2D eigenvalue weighted by atomic mass is 10.6. The molecule has 16 heavy (non-hydrogen) atoms. The molecule has 0 aliphatic carbocycles. The zero-order chi connectivity index (χ0) is 11.7. The van der Waals surface area contributed by atoms with E-state index >= 15 is 0 Å². The topological polar surface area (TPSA) is 120 Å². The quantitative estimate of drug-likeness (QED) is 0.614. The fourth-order valence-corrected chi connectivity index (χ4v) is 1.37. The molecule has 2 aromatic heterocycles. The van der Waals surface area contributed by atoms with Crippen molar-refractivity contribution < 1.29 is 4.92 Å². The van der Waals surface area contributed by atoms with Crippen LogP contribution in [-0.2, 0) is 0 Å². The van der Waals surface area contributed by atoms with E-state index < -0.39 is 16.4 Å². The van der Waals surface area contributed by atoms with Crippen LogP contribution in [0.1, 0.15) is 0 Å². The Morgan fingerprint density at radius 1 is 1.50 bits per heavy atom. The summed E-state index contributed by atoms with van der Waals surface area (Å²) in [6, 6.07) is 0. The second-order valence-corrected chi connectivity index (χ2v) is 3.41. The lowest BCUT2D eigenvalue weighted by molar-refractivity contribution is -0.394. The predicted molar refractivity (Wildman–Crippen MR) is 54.1 cm³/mol. The highest BCUT2D eigenvalue weighted by molar-refractivity contribution is 9.10. The average molecular weight is 287 g/mol. The maximum atomic E-state index is 11.2. The van der Waals surface area contributed by atoms with Gasteiger partial charge in [0.25, 0.3) is 5.56 Å². The van der Waals surface area contributed by atoms with Gasteiger partial charge in [0.15, 0.2) is 5.82 Å². The van der Waals surface area contributed by atoms with Gasteiger partial charge in [-0.05, 0) is 20.9 Å². The molecule has 0 atom stereocenters. The lowest BCUT2D eigenvalue weighted by Gasteiger charge is -1.96. The average Bonchev–Trinajstić information content (AvgIpc) is 2.71. The van der Waals surface area contributed by atoms with Crippen LogP contribution in [-0.4, -0.2) is 29.7 Å². The van der Waals surface area contributed by atoms with Gasteiger partial charge >= 0.3 is 5.95 Å². The SMILES string of the molecule is O=c1[nH]cnc(-n2cnc([N+](=O)[O-])n2)c1Br. The van der Waals surface area contributed by atoms with Crippen LogP contribution in [0.15, 0.2) is 21.9 Å². The van der Waals surface area contributed by atoms with Crippen molar-refractivity contribution in [3.63, 3.8) is 0 Å². The fourth-order valence-electron chi connectivity index (χ4n) is 0.973. The third-order valence-electron chi connectivity index (χ3n) is 1.64. The number of aromatic amines is 1. The van der Waals surface area contributed by atoms with Gasteiger partial charge in [-0.1, -0.05) is 4.98 Å². The number of nitrogens with zero attached hydrogens (tertiary/aromatic N) is 5. The Balaban J connectivity index is 2.55. The first-order valence-electron chi connectivity index (χ1n) is 3.89. The van der Waals surface area contributed by atoms with Crippen molar-refractivity contribution in [1.29, 1.82) is 0 Å². The van der Waals surface area contributed by atoms with E-state index in [-0.39, 0.29) is 10.3 Å². The number of aromatic nitrogens is 5. The summed E-state index contributed by atoms with van der Waals surface area (Å²) >= 11 is 3.00. The maximum absolute atomic E-state index is 11.2. The molecule has 0 spiro atoms. The summed E-state index contributed by atoms with van der Waals surface area (Å²) in [6.07, 6.45) is 2.26. The highest BCUT2D eigenvalue weighted by atomic mass is 79.9. The van der Waals surface area contributed by atoms with Crippen LogP contribution in [0.3, 0.4) is 0 Å². The summed E-state index contributed by atoms with van der Waals surface area (Å²) in [5.74, 6) is -0.432. The van der Waals surface area contributed by atoms with Gasteiger partial charge in [0.05, 0.1) is 6.33 Å². The van der Waals surface area contributed by atoms with Crippen LogP contribution < -0.4 is 5.56 Å². The Kier molecular flexibility index (Phi) is 2.48. The van der Waals surface area contributed by atoms with Crippen molar-refractivity contribution in [3.8, 4) is 5.82 Å². The fraction of sp³-hybridized carbons (Fsp3) is 0. The molecular formula is C6H3BrN6O3. The smallest absolute Gasteiger partial charge is 0.390 e. The van der Waals surface area contributed by atoms with E-state index in [1.165, 1.54) is 0 Å². The Bertz CT molecular complexity index is 604. The first kappa shape index (κ1) is 10.4. The molecule has 0 aliphatic rings. The van der Waals surface area contributed by atoms with Crippen LogP contribution in [0.25, 0.3) is 5.82 Å². The van der Waals surface area contributed by atoms with Crippen molar-refractivity contribution in [2.24, 2.45) is 0 Å². The highest BCUT2D eigenvalue weighted by Gasteiger charge is 2.17. The first-order valence-corrected chi connectivity index (χ1v) is 4.68. The molecule has 2 heterocycles. The minimum Gasteiger partial charge on any atom is -0.390 e. The van der Waals surface area contributed by atoms with Crippen LogP contribution in [0.4, 0.5) is 5.95 Å². The largest absolute Gasteiger partial charge is 0.491 e. The highest BCUT2D eigenvalue weighted by Crippen LogP contribution is 2.13. The van der Waals surface area contributed by atoms with E-state index in [4.69, 9.17) is 0 Å². The number of hydrogen-bond donors (Lipinski definition) is 1. The monoisotopic (exact) mass is 286 g/mol. The number of nitro groups is 1. The lowest BCUT2D eigenvalue weighted by Crippen LogP contribution is -2.12. The molecule has 1 N–H and O–H groups in total. The molecular weight excluding hydrogens is 284 g/mol. The van der Waals surface area contributed by atoms with Crippen molar-refractivity contribution >= 4 is 21.9 Å². The summed E-state index contributed by atoms with van der Waals surface area (Å²) in [5.41, 5.74) is -0.414. The number of nitrogens with one attached hydrogen (secondary N) is 1. The summed E-state index contributed by atoms with van der Waals surface area (Å²) in [4.78, 5) is 30.4. The normalized spacial score (nSPS) is 10.3. The van der Waals surface area contributed by atoms with Crippen molar-refractivity contribution in [2.75, 3.05) is 0 Å². The van der Waals surface area contributed by atoms with E-state index in [0.717, 1.165) is 17.3 Å². The second kappa shape index (κ2) is 3.81. The number of H-pyrrole nitrogens is 1. The van der Waals surface area contributed by atoms with Crippen LogP contribution >= 0.6 is 15.9 Å². The molecule has 2 rings (SSSR count). The third-order valence-corrected chi connectivity index (χ3v) is 2.35. The van der Waals surface area contributed by atoms with Gasteiger partial charge in [-0.2, -0.15) is 0 Å². The van der Waals surface area contributed by atoms with E-state index in [2.05, 4.69) is 36.0 Å². The van der Waals surface area contributed by atoms with E-state index in [0.29, 0.717) is 0 Å². The zero-order valence-electron chi connectivity index (χ0n) is 7.49. The Morgan fingerprint density at radius 2 is 2.25 bits per heavy atom. The minimum absolute atomic E-state index is 0.120. The third kappa shape index (κ3) is 1.69. The van der Waals surface area contributed by atoms with Crippen LogP contribution in [0, 0.1) is 10.1 Å². The van der Waals surface area contributed by atoms with E-state index in [1.807, 2.05) is 0 Å². The molecule has 2 aromatic rings. The Labute approximate surface area is 95.4 Å². The molecule has 0 saturated carbocycles. The van der Waals surface area contributed by atoms with Gasteiger partial charge in [0.2, 0.25) is 6.33 Å². The Hall–Kier alpha value is -2.10. The maximum Gasteiger partial charge on any atom is 0.491 e. The number of halogens is 1. The molecule has 10 heteroatoms. The predicted octanol–water partition coefficient (Wildman–Crippen LogP) is 0.0213. The van der Waals surface area contributed by atoms with Crippen molar-refractivity contribution in [3.05, 3.63) is 37.6 Å². The molecule has 0 aromatic carbocycles. The van der Waals surface area contributed by atoms with Gasteiger partial charge in [0, 0.05) is 5.10 Å². The summed E-state index contributed by atoms with van der Waals surface area (Å²) in [5, 5.41) is 13.9. The first-order chi connectivity index (χ1) is 7.59. The molecule has 0 unspecified atom stereocenters. The molecule has 0 fully saturated rings. The number of rotatable bonds is 2. The molecule has 9 nitrogen and oxygen atoms in total. The molecule has 0 saturated heterocycles. The molecule has 82 valence electrons. The molecule has 0 amide bonds. The Morgan fingerprint density at radius 3 is 2.88 bits per heavy atom. The van der Waals surface area contributed by atoms with Gasteiger partial charge < -0.3 is 15.1 Å². The van der Waals surface area contributed by atoms with E-state index in [1.54, 1.807) is 0 Å². The van der Waals surface area contributed by atoms with Crippen LogP contribution in [0.5, 0.6) is 0 Å². The van der Waals surface area contributed by atoms with Gasteiger partial charge in [-0.15, -0.1) is 4.68 Å². The van der Waals surface area contributed by atoms with Gasteiger partial charge in [-0.3, -0.25) is 4.79 Å². The van der Waals surface area contributed by atoms with Crippen molar-refractivity contribution in [2.45, 2.75) is 0 Å². The summed E-state index contributed by atoms with van der Waals surface area (Å²) in [7, 11) is 0. The second-order valence-electron chi connectivity index (χ2n) is 2.62. The minimum atomic E-state index is -0.739. The molecule has 0 bridgehead atoms. The number of hydrogen-bond acceptors (Lipinski definition) is 6. The summed E-state index contributed by atoms with van der Waals surface area (Å²) in [6.45, 7) is 0. The molecule has 0 radical (unpaired) electrons. The molecule has 0 aliphatic heterocycles. The zero-order valence-corrected chi connectivity index (χ0v) is 9.08.